The van der Waals surface area contributed by atoms with E-state index in [0.29, 0.717) is 0 Å². The Hall–Kier alpha value is -4.41. The highest BCUT2D eigenvalue weighted by molar-refractivity contribution is 6.29. The van der Waals surface area contributed by atoms with E-state index in [2.05, 4.69) is 67.3 Å². The molecular weight excluding hydrogens is 400 g/mol. The Kier molecular flexibility index (Phi) is 4.45. The second kappa shape index (κ2) is 7.62. The van der Waals surface area contributed by atoms with E-state index in [0.717, 1.165) is 55.3 Å². The van der Waals surface area contributed by atoms with Crippen molar-refractivity contribution in [1.82, 2.24) is 0 Å². The average molecular weight is 421 g/mol. The predicted molar refractivity (Wildman–Crippen MR) is 135 cm³/mol. The minimum absolute atomic E-state index is 0.0763. The summed E-state index contributed by atoms with van der Waals surface area (Å²) in [6.07, 6.45) is 0. The minimum atomic E-state index is 0.0763. The molecule has 0 saturated carbocycles. The fraction of sp³-hybridized carbons (Fsp3) is 0.0312. The lowest BCUT2D eigenvalue weighted by Gasteiger charge is -2.23. The van der Waals surface area contributed by atoms with Gasteiger partial charge in [0.05, 0.1) is 0 Å². The van der Waals surface area contributed by atoms with Crippen LogP contribution in [0.2, 0.25) is 0 Å². The quantitative estimate of drug-likeness (QED) is 0.253. The van der Waals surface area contributed by atoms with Crippen molar-refractivity contribution in [2.75, 3.05) is 0 Å². The van der Waals surface area contributed by atoms with Crippen molar-refractivity contribution in [1.29, 1.82) is 0 Å². The molecule has 6 rings (SSSR count). The van der Waals surface area contributed by atoms with E-state index in [4.69, 9.17) is 0 Å². The number of hydrogen-bond donors (Lipinski definition) is 0. The summed E-state index contributed by atoms with van der Waals surface area (Å²) in [6, 6.07) is 34.7. The van der Waals surface area contributed by atoms with Crippen molar-refractivity contribution < 1.29 is 4.79 Å². The number of benzene rings is 5. The monoisotopic (exact) mass is 420 g/mol. The Bertz CT molecular complexity index is 1610. The number of aryl methyl sites for hydroxylation is 1. The Morgan fingerprint density at radius 1 is 0.576 bits per heavy atom. The second-order valence-corrected chi connectivity index (χ2v) is 8.43. The second-order valence-electron chi connectivity index (χ2n) is 8.43. The van der Waals surface area contributed by atoms with Crippen LogP contribution in [-0.4, -0.2) is 5.78 Å². The van der Waals surface area contributed by atoms with E-state index in [1.54, 1.807) is 0 Å². The third-order valence-electron chi connectivity index (χ3n) is 6.35. The number of rotatable bonds is 1. The maximum Gasteiger partial charge on any atom is 0.194 e. The Balaban J connectivity index is 1.67. The van der Waals surface area contributed by atoms with Crippen LogP contribution in [0.25, 0.3) is 33.0 Å². The smallest absolute Gasteiger partial charge is 0.194 e. The fourth-order valence-corrected chi connectivity index (χ4v) is 4.70. The van der Waals surface area contributed by atoms with Gasteiger partial charge in [-0.2, -0.15) is 0 Å². The first-order chi connectivity index (χ1) is 16.2. The van der Waals surface area contributed by atoms with E-state index < -0.39 is 0 Å². The molecule has 0 atom stereocenters. The standard InChI is InChI=1S/C32H20O/c1-21-11-14-23(15-12-21)26-20-19-25-24(16-13-22-7-3-2-4-8-22)17-18-28-27-9-5-6-10-29(27)32(33)31(26)30(25)28/h2-12,14-15,17-20H,1H3. The lowest BCUT2D eigenvalue weighted by atomic mass is 9.78. The van der Waals surface area contributed by atoms with Crippen molar-refractivity contribution in [2.24, 2.45) is 0 Å². The molecule has 0 fully saturated rings. The molecule has 1 heteroatoms. The van der Waals surface area contributed by atoms with Gasteiger partial charge in [-0.05, 0) is 52.8 Å². The van der Waals surface area contributed by atoms with Crippen LogP contribution in [0.4, 0.5) is 0 Å². The molecule has 0 saturated heterocycles. The molecule has 0 spiro atoms. The largest absolute Gasteiger partial charge is 0.289 e. The zero-order valence-corrected chi connectivity index (χ0v) is 18.2. The van der Waals surface area contributed by atoms with Gasteiger partial charge in [-0.15, -0.1) is 0 Å². The molecule has 0 aliphatic heterocycles. The molecule has 0 unspecified atom stereocenters. The topological polar surface area (TPSA) is 17.1 Å². The van der Waals surface area contributed by atoms with Crippen LogP contribution in [0, 0.1) is 18.8 Å². The third kappa shape index (κ3) is 3.16. The summed E-state index contributed by atoms with van der Waals surface area (Å²) >= 11 is 0. The first-order valence-electron chi connectivity index (χ1n) is 11.1. The van der Waals surface area contributed by atoms with Gasteiger partial charge in [0.2, 0.25) is 0 Å². The molecule has 1 nitrogen and oxygen atoms in total. The number of carbonyl (C=O) groups excluding carboxylic acids is 1. The van der Waals surface area contributed by atoms with E-state index in [1.165, 1.54) is 5.56 Å². The molecule has 0 N–H and O–H groups in total. The summed E-state index contributed by atoms with van der Waals surface area (Å²) in [5.41, 5.74) is 8.74. The van der Waals surface area contributed by atoms with Gasteiger partial charge >= 0.3 is 0 Å². The summed E-state index contributed by atoms with van der Waals surface area (Å²) in [7, 11) is 0. The zero-order chi connectivity index (χ0) is 22.4. The number of ketones is 1. The number of carbonyl (C=O) groups is 1. The van der Waals surface area contributed by atoms with Gasteiger partial charge in [-0.25, -0.2) is 0 Å². The van der Waals surface area contributed by atoms with E-state index in [-0.39, 0.29) is 5.78 Å². The maximum absolute atomic E-state index is 13.8. The highest BCUT2D eigenvalue weighted by Crippen LogP contribution is 2.44. The first-order valence-corrected chi connectivity index (χ1v) is 11.1. The molecule has 33 heavy (non-hydrogen) atoms. The van der Waals surface area contributed by atoms with Crippen molar-refractivity contribution in [3.8, 4) is 34.1 Å². The van der Waals surface area contributed by atoms with Crippen LogP contribution in [0.1, 0.15) is 32.6 Å². The lowest BCUT2D eigenvalue weighted by molar-refractivity contribution is 0.104. The molecule has 0 heterocycles. The first kappa shape index (κ1) is 19.3. The summed E-state index contributed by atoms with van der Waals surface area (Å²) in [5, 5.41) is 2.02. The van der Waals surface area contributed by atoms with Crippen LogP contribution < -0.4 is 0 Å². The van der Waals surface area contributed by atoms with Crippen molar-refractivity contribution in [2.45, 2.75) is 6.92 Å². The van der Waals surface area contributed by atoms with Crippen molar-refractivity contribution in [3.63, 3.8) is 0 Å². The van der Waals surface area contributed by atoms with Crippen LogP contribution in [-0.2, 0) is 0 Å². The Morgan fingerprint density at radius 2 is 1.27 bits per heavy atom. The van der Waals surface area contributed by atoms with Gasteiger partial charge < -0.3 is 0 Å². The van der Waals surface area contributed by atoms with Crippen LogP contribution in [0.15, 0.2) is 103 Å². The molecule has 1 aliphatic rings. The number of fused-ring (bicyclic) bond motifs is 2. The van der Waals surface area contributed by atoms with Gasteiger partial charge in [-0.3, -0.25) is 4.79 Å². The van der Waals surface area contributed by atoms with Gasteiger partial charge in [-0.1, -0.05) is 102 Å². The van der Waals surface area contributed by atoms with Crippen LogP contribution in [0.3, 0.4) is 0 Å². The molecule has 1 aliphatic carbocycles. The van der Waals surface area contributed by atoms with E-state index in [9.17, 15) is 4.79 Å². The molecule has 0 amide bonds. The zero-order valence-electron chi connectivity index (χ0n) is 18.2. The van der Waals surface area contributed by atoms with Gasteiger partial charge in [0.1, 0.15) is 0 Å². The minimum Gasteiger partial charge on any atom is -0.289 e. The van der Waals surface area contributed by atoms with Crippen molar-refractivity contribution >= 4 is 16.6 Å². The summed E-state index contributed by atoms with van der Waals surface area (Å²) in [5.74, 6) is 6.70. The Labute approximate surface area is 193 Å². The van der Waals surface area contributed by atoms with Gasteiger partial charge in [0.15, 0.2) is 5.78 Å². The average Bonchev–Trinajstić information content (AvgIpc) is 2.87. The van der Waals surface area contributed by atoms with Gasteiger partial charge in [0, 0.05) is 27.6 Å². The summed E-state index contributed by atoms with van der Waals surface area (Å²) < 4.78 is 0. The SMILES string of the molecule is Cc1ccc(-c2ccc3c(C#Cc4ccccc4)ccc4c3c2C(=O)c2ccccc2-4)cc1. The molecular formula is C32H20O. The normalized spacial score (nSPS) is 11.6. The maximum atomic E-state index is 13.8. The molecule has 154 valence electrons. The molecule has 5 aromatic rings. The third-order valence-corrected chi connectivity index (χ3v) is 6.35. The highest BCUT2D eigenvalue weighted by Gasteiger charge is 2.28. The van der Waals surface area contributed by atoms with E-state index in [1.807, 2.05) is 54.6 Å². The molecule has 0 aromatic heterocycles. The Morgan fingerprint density at radius 3 is 2.06 bits per heavy atom. The predicted octanol–water partition coefficient (Wildman–Crippen LogP) is 7.43. The van der Waals surface area contributed by atoms with Crippen LogP contribution >= 0.6 is 0 Å². The summed E-state index contributed by atoms with van der Waals surface area (Å²) in [6.45, 7) is 2.07. The van der Waals surface area contributed by atoms with Crippen LogP contribution in [0.5, 0.6) is 0 Å². The van der Waals surface area contributed by atoms with Crippen molar-refractivity contribution in [3.05, 3.63) is 131 Å². The lowest BCUT2D eigenvalue weighted by Crippen LogP contribution is -2.12. The molecule has 5 aromatic carbocycles. The highest BCUT2D eigenvalue weighted by atomic mass is 16.1. The fourth-order valence-electron chi connectivity index (χ4n) is 4.70. The number of hydrogen-bond acceptors (Lipinski definition) is 1. The summed E-state index contributed by atoms with van der Waals surface area (Å²) in [4.78, 5) is 13.8. The van der Waals surface area contributed by atoms with Gasteiger partial charge in [0.25, 0.3) is 0 Å². The molecule has 0 radical (unpaired) electrons. The molecule has 0 bridgehead atoms. The van der Waals surface area contributed by atoms with E-state index >= 15 is 0 Å².